The molecule has 1 atom stereocenters. The zero-order valence-electron chi connectivity index (χ0n) is 15.6. The van der Waals surface area contributed by atoms with Crippen LogP contribution in [-0.2, 0) is 9.59 Å². The van der Waals surface area contributed by atoms with Crippen molar-refractivity contribution in [3.63, 3.8) is 0 Å². The zero-order valence-corrected chi connectivity index (χ0v) is 15.6. The van der Waals surface area contributed by atoms with Crippen molar-refractivity contribution in [2.75, 3.05) is 24.4 Å². The number of ether oxygens (including phenoxy) is 2. The van der Waals surface area contributed by atoms with Crippen LogP contribution in [-0.4, -0.2) is 32.1 Å². The maximum atomic E-state index is 13.0. The van der Waals surface area contributed by atoms with E-state index in [4.69, 9.17) is 9.47 Å². The van der Waals surface area contributed by atoms with E-state index >= 15 is 0 Å². The number of carbonyl (C=O) groups excluding carboxylic acids is 2. The second kappa shape index (κ2) is 7.23. The van der Waals surface area contributed by atoms with Crippen molar-refractivity contribution in [3.05, 3.63) is 60.7 Å². The van der Waals surface area contributed by atoms with Gasteiger partial charge in [0.2, 0.25) is 5.91 Å². The van der Waals surface area contributed by atoms with Gasteiger partial charge < -0.3 is 14.8 Å². The molecule has 1 fully saturated rings. The van der Waals surface area contributed by atoms with E-state index in [1.807, 2.05) is 42.5 Å². The molecule has 0 radical (unpaired) electrons. The van der Waals surface area contributed by atoms with E-state index in [1.54, 1.807) is 25.3 Å². The van der Waals surface area contributed by atoms with Crippen LogP contribution in [0.4, 0.5) is 11.4 Å². The molecular weight excluding hydrogens is 356 g/mol. The number of anilines is 2. The van der Waals surface area contributed by atoms with E-state index in [0.717, 1.165) is 16.5 Å². The van der Waals surface area contributed by atoms with Gasteiger partial charge in [0.05, 0.1) is 26.3 Å². The Balaban J connectivity index is 1.60. The Morgan fingerprint density at radius 3 is 2.46 bits per heavy atom. The fraction of sp³-hybridized carbons (Fsp3) is 0.182. The van der Waals surface area contributed by atoms with Crippen molar-refractivity contribution in [1.82, 2.24) is 0 Å². The lowest BCUT2D eigenvalue weighted by Crippen LogP contribution is -2.35. The molecule has 0 unspecified atom stereocenters. The van der Waals surface area contributed by atoms with Crippen LogP contribution in [0.5, 0.6) is 11.5 Å². The van der Waals surface area contributed by atoms with Crippen LogP contribution >= 0.6 is 0 Å². The van der Waals surface area contributed by atoms with Crippen LogP contribution in [0.1, 0.15) is 6.42 Å². The monoisotopic (exact) mass is 376 g/mol. The molecule has 28 heavy (non-hydrogen) atoms. The second-order valence-corrected chi connectivity index (χ2v) is 6.57. The van der Waals surface area contributed by atoms with Crippen molar-refractivity contribution in [1.29, 1.82) is 0 Å². The molecule has 1 heterocycles. The molecule has 1 N–H and O–H groups in total. The second-order valence-electron chi connectivity index (χ2n) is 6.57. The summed E-state index contributed by atoms with van der Waals surface area (Å²) >= 11 is 0. The van der Waals surface area contributed by atoms with Crippen molar-refractivity contribution < 1.29 is 19.1 Å². The summed E-state index contributed by atoms with van der Waals surface area (Å²) < 4.78 is 10.5. The average molecular weight is 376 g/mol. The van der Waals surface area contributed by atoms with Crippen molar-refractivity contribution in [2.45, 2.75) is 12.5 Å². The fourth-order valence-corrected chi connectivity index (χ4v) is 3.45. The van der Waals surface area contributed by atoms with Gasteiger partial charge in [-0.1, -0.05) is 30.3 Å². The van der Waals surface area contributed by atoms with Gasteiger partial charge in [0, 0.05) is 11.8 Å². The quantitative estimate of drug-likeness (QED) is 0.689. The molecule has 1 saturated heterocycles. The minimum atomic E-state index is -0.625. The fourth-order valence-electron chi connectivity index (χ4n) is 3.45. The first kappa shape index (κ1) is 17.9. The predicted molar refractivity (Wildman–Crippen MR) is 108 cm³/mol. The summed E-state index contributed by atoms with van der Waals surface area (Å²) in [6.07, 6.45) is 0.0842. The Kier molecular flexibility index (Phi) is 4.61. The maximum absolute atomic E-state index is 13.0. The van der Waals surface area contributed by atoms with E-state index in [-0.39, 0.29) is 18.2 Å². The number of amides is 2. The van der Waals surface area contributed by atoms with E-state index in [2.05, 4.69) is 5.32 Å². The van der Waals surface area contributed by atoms with E-state index in [0.29, 0.717) is 17.2 Å². The highest BCUT2D eigenvalue weighted by molar-refractivity contribution is 6.23. The SMILES string of the molecule is COc1ccc(N2C(=O)C[C@H](Nc3ccc4ccccc4c3)C2=O)c(OC)c1. The average Bonchev–Trinajstić information content (AvgIpc) is 3.00. The Bertz CT molecular complexity index is 1060. The molecule has 0 saturated carbocycles. The number of carbonyl (C=O) groups is 2. The smallest absolute Gasteiger partial charge is 0.256 e. The zero-order chi connectivity index (χ0) is 19.7. The van der Waals surface area contributed by atoms with Gasteiger partial charge in [0.1, 0.15) is 17.5 Å². The van der Waals surface area contributed by atoms with Gasteiger partial charge in [0.25, 0.3) is 5.91 Å². The summed E-state index contributed by atoms with van der Waals surface area (Å²) in [5.74, 6) is 0.423. The van der Waals surface area contributed by atoms with Gasteiger partial charge >= 0.3 is 0 Å². The lowest BCUT2D eigenvalue weighted by molar-refractivity contribution is -0.121. The van der Waals surface area contributed by atoms with Crippen molar-refractivity contribution in [2.24, 2.45) is 0 Å². The third-order valence-electron chi connectivity index (χ3n) is 4.86. The van der Waals surface area contributed by atoms with E-state index in [1.165, 1.54) is 12.0 Å². The Hall–Kier alpha value is -3.54. The van der Waals surface area contributed by atoms with Gasteiger partial charge in [0.15, 0.2) is 0 Å². The molecule has 1 aliphatic heterocycles. The molecule has 0 spiro atoms. The number of nitrogens with one attached hydrogen (secondary N) is 1. The third kappa shape index (κ3) is 3.13. The van der Waals surface area contributed by atoms with Crippen LogP contribution in [0.25, 0.3) is 10.8 Å². The normalized spacial score (nSPS) is 16.5. The molecule has 4 rings (SSSR count). The number of imide groups is 1. The van der Waals surface area contributed by atoms with Crippen molar-refractivity contribution >= 4 is 34.0 Å². The van der Waals surface area contributed by atoms with Crippen LogP contribution < -0.4 is 19.7 Å². The summed E-state index contributed by atoms with van der Waals surface area (Å²) in [7, 11) is 3.04. The van der Waals surface area contributed by atoms with Gasteiger partial charge in [-0.25, -0.2) is 4.90 Å². The first-order valence-electron chi connectivity index (χ1n) is 8.95. The van der Waals surface area contributed by atoms with Crippen molar-refractivity contribution in [3.8, 4) is 11.5 Å². The van der Waals surface area contributed by atoms with Crippen LogP contribution in [0.15, 0.2) is 60.7 Å². The van der Waals surface area contributed by atoms with Gasteiger partial charge in [-0.2, -0.15) is 0 Å². The summed E-state index contributed by atoms with van der Waals surface area (Å²) in [5, 5.41) is 5.38. The highest BCUT2D eigenvalue weighted by Crippen LogP contribution is 2.35. The minimum absolute atomic E-state index is 0.0842. The number of methoxy groups -OCH3 is 2. The number of benzene rings is 3. The Morgan fingerprint density at radius 1 is 0.929 bits per heavy atom. The molecule has 0 bridgehead atoms. The molecule has 0 aromatic heterocycles. The minimum Gasteiger partial charge on any atom is -0.497 e. The van der Waals surface area contributed by atoms with E-state index in [9.17, 15) is 9.59 Å². The molecular formula is C22H20N2O4. The first-order chi connectivity index (χ1) is 13.6. The Labute approximate surface area is 162 Å². The number of hydrogen-bond donors (Lipinski definition) is 1. The Morgan fingerprint density at radius 2 is 1.71 bits per heavy atom. The highest BCUT2D eigenvalue weighted by Gasteiger charge is 2.40. The molecule has 1 aliphatic rings. The topological polar surface area (TPSA) is 67.9 Å². The third-order valence-corrected chi connectivity index (χ3v) is 4.86. The summed E-state index contributed by atoms with van der Waals surface area (Å²) in [4.78, 5) is 26.7. The summed E-state index contributed by atoms with van der Waals surface area (Å²) in [5.41, 5.74) is 1.22. The highest BCUT2D eigenvalue weighted by atomic mass is 16.5. The van der Waals surface area contributed by atoms with Gasteiger partial charge in [-0.05, 0) is 35.0 Å². The standard InChI is InChI=1S/C22H20N2O4/c1-27-17-9-10-19(20(12-17)28-2)24-21(25)13-18(22(24)26)23-16-8-7-14-5-3-4-6-15(14)11-16/h3-12,18,23H,13H2,1-2H3/t18-/m0/s1. The molecule has 3 aromatic rings. The van der Waals surface area contributed by atoms with Crippen LogP contribution in [0, 0.1) is 0 Å². The maximum Gasteiger partial charge on any atom is 0.256 e. The number of hydrogen-bond acceptors (Lipinski definition) is 5. The number of rotatable bonds is 5. The largest absolute Gasteiger partial charge is 0.497 e. The lowest BCUT2D eigenvalue weighted by atomic mass is 10.1. The molecule has 0 aliphatic carbocycles. The number of fused-ring (bicyclic) bond motifs is 1. The molecule has 142 valence electrons. The summed E-state index contributed by atoms with van der Waals surface area (Å²) in [6, 6.07) is 18.2. The molecule has 3 aromatic carbocycles. The molecule has 6 nitrogen and oxygen atoms in total. The first-order valence-corrected chi connectivity index (χ1v) is 8.95. The van der Waals surface area contributed by atoms with Crippen LogP contribution in [0.3, 0.4) is 0 Å². The van der Waals surface area contributed by atoms with Crippen LogP contribution in [0.2, 0.25) is 0 Å². The lowest BCUT2D eigenvalue weighted by Gasteiger charge is -2.19. The van der Waals surface area contributed by atoms with Gasteiger partial charge in [-0.15, -0.1) is 0 Å². The molecule has 6 heteroatoms. The predicted octanol–water partition coefficient (Wildman–Crippen LogP) is 3.60. The van der Waals surface area contributed by atoms with E-state index < -0.39 is 6.04 Å². The number of nitrogens with zero attached hydrogens (tertiary/aromatic N) is 1. The molecule has 2 amide bonds. The van der Waals surface area contributed by atoms with Gasteiger partial charge in [-0.3, -0.25) is 9.59 Å². The summed E-state index contributed by atoms with van der Waals surface area (Å²) in [6.45, 7) is 0.